The molecule has 2 rings (SSSR count). The van der Waals surface area contributed by atoms with Gasteiger partial charge >= 0.3 is 0 Å². The summed E-state index contributed by atoms with van der Waals surface area (Å²) in [6, 6.07) is 14.6. The number of rotatable bonds is 10. The molecule has 6 heteroatoms. The molecule has 0 bridgehead atoms. The van der Waals surface area contributed by atoms with Crippen LogP contribution < -0.4 is 24.3 Å². The Balaban J connectivity index is 1.83. The second kappa shape index (κ2) is 10.2. The number of carbonyl (C=O) groups is 1. The molecule has 2 aromatic carbocycles. The minimum atomic E-state index is -0.599. The van der Waals surface area contributed by atoms with E-state index in [4.69, 9.17) is 18.9 Å². The number of ether oxygens (including phenoxy) is 4. The fraction of sp³-hybridized carbons (Fsp3) is 0.350. The van der Waals surface area contributed by atoms with E-state index in [2.05, 4.69) is 5.32 Å². The smallest absolute Gasteiger partial charge is 0.261 e. The van der Waals surface area contributed by atoms with Gasteiger partial charge in [0.2, 0.25) is 0 Å². The Bertz CT molecular complexity index is 704. The van der Waals surface area contributed by atoms with Crippen LogP contribution >= 0.6 is 0 Å². The number of hydrogen-bond donors (Lipinski definition) is 1. The van der Waals surface area contributed by atoms with E-state index in [0.717, 1.165) is 0 Å². The number of hydrogen-bond acceptors (Lipinski definition) is 5. The second-order valence-electron chi connectivity index (χ2n) is 5.46. The molecule has 0 aliphatic carbocycles. The molecular weight excluding hydrogens is 334 g/mol. The van der Waals surface area contributed by atoms with Crippen LogP contribution in [-0.4, -0.2) is 39.4 Å². The summed E-state index contributed by atoms with van der Waals surface area (Å²) < 4.78 is 21.9. The summed E-state index contributed by atoms with van der Waals surface area (Å²) in [5.74, 6) is 2.24. The summed E-state index contributed by atoms with van der Waals surface area (Å²) in [4.78, 5) is 12.4. The average Bonchev–Trinajstić information content (AvgIpc) is 2.69. The third-order valence-corrected chi connectivity index (χ3v) is 3.73. The zero-order valence-corrected chi connectivity index (χ0v) is 15.4. The number of nitrogens with one attached hydrogen (secondary N) is 1. The Labute approximate surface area is 154 Å². The van der Waals surface area contributed by atoms with E-state index in [1.807, 2.05) is 43.3 Å². The molecule has 140 valence electrons. The van der Waals surface area contributed by atoms with Gasteiger partial charge in [0.1, 0.15) is 6.61 Å². The lowest BCUT2D eigenvalue weighted by Crippen LogP contribution is -2.39. The lowest BCUT2D eigenvalue weighted by atomic mass is 10.2. The van der Waals surface area contributed by atoms with E-state index >= 15 is 0 Å². The molecule has 0 aliphatic heterocycles. The van der Waals surface area contributed by atoms with Crippen LogP contribution in [-0.2, 0) is 4.79 Å². The summed E-state index contributed by atoms with van der Waals surface area (Å²) in [6.45, 7) is 2.59. The van der Waals surface area contributed by atoms with Gasteiger partial charge in [-0.1, -0.05) is 31.2 Å². The Hall–Kier alpha value is -2.89. The minimum Gasteiger partial charge on any atom is -0.493 e. The molecule has 1 atom stereocenters. The molecule has 1 amide bonds. The van der Waals surface area contributed by atoms with Crippen LogP contribution in [0.2, 0.25) is 0 Å². The molecule has 2 aromatic rings. The SMILES string of the molecule is CC[C@@H](Oc1ccccc1OC)C(=O)NCCOc1ccccc1OC. The zero-order valence-electron chi connectivity index (χ0n) is 15.4. The molecule has 0 spiro atoms. The highest BCUT2D eigenvalue weighted by Crippen LogP contribution is 2.27. The van der Waals surface area contributed by atoms with Gasteiger partial charge < -0.3 is 24.3 Å². The highest BCUT2D eigenvalue weighted by atomic mass is 16.5. The number of para-hydroxylation sites is 4. The maximum atomic E-state index is 12.4. The van der Waals surface area contributed by atoms with E-state index in [1.165, 1.54) is 0 Å². The average molecular weight is 359 g/mol. The largest absolute Gasteiger partial charge is 0.493 e. The third-order valence-electron chi connectivity index (χ3n) is 3.73. The zero-order chi connectivity index (χ0) is 18.8. The van der Waals surface area contributed by atoms with Crippen LogP contribution in [0, 0.1) is 0 Å². The predicted octanol–water partition coefficient (Wildman–Crippen LogP) is 3.06. The maximum absolute atomic E-state index is 12.4. The number of amides is 1. The molecule has 0 aliphatic rings. The number of benzene rings is 2. The van der Waals surface area contributed by atoms with Crippen molar-refractivity contribution in [3.63, 3.8) is 0 Å². The standard InChI is InChI=1S/C20H25NO5/c1-4-15(26-19-12-8-6-10-17(19)24-3)20(22)21-13-14-25-18-11-7-5-9-16(18)23-2/h5-12,15H,4,13-14H2,1-3H3,(H,21,22)/t15-/m1/s1. The van der Waals surface area contributed by atoms with E-state index in [-0.39, 0.29) is 5.91 Å². The molecule has 0 aromatic heterocycles. The molecule has 0 saturated heterocycles. The van der Waals surface area contributed by atoms with Gasteiger partial charge in [-0.3, -0.25) is 4.79 Å². The van der Waals surface area contributed by atoms with Crippen LogP contribution in [0.4, 0.5) is 0 Å². The van der Waals surface area contributed by atoms with Crippen LogP contribution in [0.15, 0.2) is 48.5 Å². The molecule has 0 radical (unpaired) electrons. The summed E-state index contributed by atoms with van der Waals surface area (Å²) >= 11 is 0. The predicted molar refractivity (Wildman–Crippen MR) is 99.2 cm³/mol. The van der Waals surface area contributed by atoms with Crippen molar-refractivity contribution in [3.05, 3.63) is 48.5 Å². The Morgan fingerprint density at radius 3 is 2.04 bits per heavy atom. The van der Waals surface area contributed by atoms with Gasteiger partial charge in [-0.15, -0.1) is 0 Å². The van der Waals surface area contributed by atoms with Crippen molar-refractivity contribution >= 4 is 5.91 Å². The summed E-state index contributed by atoms with van der Waals surface area (Å²) in [7, 11) is 3.16. The van der Waals surface area contributed by atoms with Gasteiger partial charge in [0.25, 0.3) is 5.91 Å². The van der Waals surface area contributed by atoms with Gasteiger partial charge in [0.15, 0.2) is 29.1 Å². The van der Waals surface area contributed by atoms with Gasteiger partial charge in [0.05, 0.1) is 20.8 Å². The van der Waals surface area contributed by atoms with Gasteiger partial charge in [-0.25, -0.2) is 0 Å². The Morgan fingerprint density at radius 2 is 1.46 bits per heavy atom. The Kier molecular flexibility index (Phi) is 7.61. The van der Waals surface area contributed by atoms with Crippen molar-refractivity contribution in [2.24, 2.45) is 0 Å². The van der Waals surface area contributed by atoms with Gasteiger partial charge in [-0.2, -0.15) is 0 Å². The van der Waals surface area contributed by atoms with Crippen LogP contribution in [0.1, 0.15) is 13.3 Å². The first-order valence-corrected chi connectivity index (χ1v) is 8.52. The maximum Gasteiger partial charge on any atom is 0.261 e. The monoisotopic (exact) mass is 359 g/mol. The van der Waals surface area contributed by atoms with Crippen molar-refractivity contribution in [1.82, 2.24) is 5.32 Å². The molecule has 26 heavy (non-hydrogen) atoms. The lowest BCUT2D eigenvalue weighted by molar-refractivity contribution is -0.128. The van der Waals surface area contributed by atoms with Crippen molar-refractivity contribution in [3.8, 4) is 23.0 Å². The summed E-state index contributed by atoms with van der Waals surface area (Å²) in [5, 5.41) is 2.83. The van der Waals surface area contributed by atoms with E-state index < -0.39 is 6.10 Å². The first-order chi connectivity index (χ1) is 12.7. The summed E-state index contributed by atoms with van der Waals surface area (Å²) in [6.07, 6.45) is -0.0605. The quantitative estimate of drug-likeness (QED) is 0.661. The molecule has 0 fully saturated rings. The fourth-order valence-corrected chi connectivity index (χ4v) is 2.38. The van der Waals surface area contributed by atoms with Crippen molar-refractivity contribution in [1.29, 1.82) is 0 Å². The highest BCUT2D eigenvalue weighted by molar-refractivity contribution is 5.81. The van der Waals surface area contributed by atoms with E-state index in [1.54, 1.807) is 26.4 Å². The first-order valence-electron chi connectivity index (χ1n) is 8.52. The van der Waals surface area contributed by atoms with Crippen LogP contribution in [0.25, 0.3) is 0 Å². The van der Waals surface area contributed by atoms with Crippen LogP contribution in [0.3, 0.4) is 0 Å². The number of carbonyl (C=O) groups excluding carboxylic acids is 1. The molecule has 1 N–H and O–H groups in total. The highest BCUT2D eigenvalue weighted by Gasteiger charge is 2.19. The Morgan fingerprint density at radius 1 is 0.923 bits per heavy atom. The fourth-order valence-electron chi connectivity index (χ4n) is 2.38. The van der Waals surface area contributed by atoms with Gasteiger partial charge in [0, 0.05) is 0 Å². The van der Waals surface area contributed by atoms with E-state index in [9.17, 15) is 4.79 Å². The normalized spacial score (nSPS) is 11.3. The second-order valence-corrected chi connectivity index (χ2v) is 5.46. The molecule has 6 nitrogen and oxygen atoms in total. The van der Waals surface area contributed by atoms with Crippen molar-refractivity contribution in [2.45, 2.75) is 19.4 Å². The molecule has 0 unspecified atom stereocenters. The number of methoxy groups -OCH3 is 2. The van der Waals surface area contributed by atoms with E-state index in [0.29, 0.717) is 42.6 Å². The van der Waals surface area contributed by atoms with Gasteiger partial charge in [-0.05, 0) is 30.7 Å². The summed E-state index contributed by atoms with van der Waals surface area (Å²) in [5.41, 5.74) is 0. The van der Waals surface area contributed by atoms with Crippen molar-refractivity contribution < 1.29 is 23.7 Å². The topological polar surface area (TPSA) is 66.0 Å². The molecule has 0 heterocycles. The molecule has 0 saturated carbocycles. The van der Waals surface area contributed by atoms with Crippen LogP contribution in [0.5, 0.6) is 23.0 Å². The molecular formula is C20H25NO5. The minimum absolute atomic E-state index is 0.193. The third kappa shape index (κ3) is 5.31. The van der Waals surface area contributed by atoms with Crippen molar-refractivity contribution in [2.75, 3.05) is 27.4 Å². The first kappa shape index (κ1) is 19.4. The lowest BCUT2D eigenvalue weighted by Gasteiger charge is -2.19.